The summed E-state index contributed by atoms with van der Waals surface area (Å²) in [5, 5.41) is 7.49. The highest BCUT2D eigenvalue weighted by molar-refractivity contribution is 7.80. The van der Waals surface area contributed by atoms with E-state index in [1.54, 1.807) is 6.20 Å². The molecule has 98 valence electrons. The van der Waals surface area contributed by atoms with Gasteiger partial charge in [-0.05, 0) is 48.5 Å². The Kier molecular flexibility index (Phi) is 4.71. The molecule has 1 heterocycles. The van der Waals surface area contributed by atoms with Gasteiger partial charge in [0.2, 0.25) is 0 Å². The number of hydrogen-bond acceptors (Lipinski definition) is 2. The normalized spacial score (nSPS) is 10.0. The summed E-state index contributed by atoms with van der Waals surface area (Å²) < 4.78 is 0. The van der Waals surface area contributed by atoms with Gasteiger partial charge in [0, 0.05) is 17.8 Å². The highest BCUT2D eigenvalue weighted by Gasteiger charge is 2.01. The first-order valence-corrected chi connectivity index (χ1v) is 6.64. The largest absolute Gasteiger partial charge is 0.358 e. The molecule has 0 atom stereocenters. The molecule has 0 radical (unpaired) electrons. The van der Waals surface area contributed by atoms with Crippen LogP contribution in [-0.4, -0.2) is 10.1 Å². The molecule has 2 rings (SSSR count). The molecule has 2 N–H and O–H groups in total. The lowest BCUT2D eigenvalue weighted by atomic mass is 10.2. The van der Waals surface area contributed by atoms with Gasteiger partial charge in [-0.1, -0.05) is 29.8 Å². The molecule has 0 spiro atoms. The molecule has 1 aromatic carbocycles. The second-order valence-electron chi connectivity index (χ2n) is 4.10. The zero-order valence-electron chi connectivity index (χ0n) is 10.5. The molecule has 0 bridgehead atoms. The molecule has 0 saturated heterocycles. The third-order valence-corrected chi connectivity index (χ3v) is 3.11. The fraction of sp³-hybridized carbons (Fsp3) is 0.143. The fourth-order valence-corrected chi connectivity index (χ4v) is 1.85. The molecule has 19 heavy (non-hydrogen) atoms. The summed E-state index contributed by atoms with van der Waals surface area (Å²) in [5.41, 5.74) is 2.17. The van der Waals surface area contributed by atoms with Crippen molar-refractivity contribution in [2.24, 2.45) is 0 Å². The minimum absolute atomic E-state index is 0.553. The summed E-state index contributed by atoms with van der Waals surface area (Å²) >= 11 is 11.1. The number of pyridine rings is 1. The van der Waals surface area contributed by atoms with Gasteiger partial charge >= 0.3 is 0 Å². The topological polar surface area (TPSA) is 37.0 Å². The van der Waals surface area contributed by atoms with Crippen molar-refractivity contribution in [3.8, 4) is 0 Å². The standard InChI is InChI=1S/C14H14ClN3S/c1-10-3-2-8-16-13(10)18-14(19)17-9-11-4-6-12(15)7-5-11/h2-8H,9H2,1H3,(H2,16,17,18,19). The van der Waals surface area contributed by atoms with Crippen LogP contribution < -0.4 is 10.6 Å². The van der Waals surface area contributed by atoms with Crippen molar-refractivity contribution in [2.75, 3.05) is 5.32 Å². The predicted molar refractivity (Wildman–Crippen MR) is 83.5 cm³/mol. The van der Waals surface area contributed by atoms with Gasteiger partial charge in [-0.15, -0.1) is 0 Å². The maximum atomic E-state index is 5.83. The average molecular weight is 292 g/mol. The van der Waals surface area contributed by atoms with Crippen molar-refractivity contribution < 1.29 is 0 Å². The lowest BCUT2D eigenvalue weighted by Crippen LogP contribution is -2.28. The zero-order valence-corrected chi connectivity index (χ0v) is 12.1. The van der Waals surface area contributed by atoms with E-state index < -0.39 is 0 Å². The first-order valence-electron chi connectivity index (χ1n) is 5.86. The minimum Gasteiger partial charge on any atom is -0.358 e. The molecule has 1 aromatic heterocycles. The summed E-state index contributed by atoms with van der Waals surface area (Å²) in [4.78, 5) is 4.23. The number of benzene rings is 1. The van der Waals surface area contributed by atoms with Crippen LogP contribution in [0.15, 0.2) is 42.6 Å². The van der Waals surface area contributed by atoms with Crippen LogP contribution >= 0.6 is 23.8 Å². The average Bonchev–Trinajstić information content (AvgIpc) is 2.41. The molecule has 3 nitrogen and oxygen atoms in total. The van der Waals surface area contributed by atoms with Crippen LogP contribution in [0.1, 0.15) is 11.1 Å². The van der Waals surface area contributed by atoms with E-state index in [1.165, 1.54) is 0 Å². The van der Waals surface area contributed by atoms with Crippen molar-refractivity contribution in [2.45, 2.75) is 13.5 Å². The Morgan fingerprint density at radius 2 is 2.00 bits per heavy atom. The van der Waals surface area contributed by atoms with Crippen LogP contribution in [0.25, 0.3) is 0 Å². The Labute approximate surface area is 123 Å². The number of halogens is 1. The van der Waals surface area contributed by atoms with Gasteiger partial charge < -0.3 is 10.6 Å². The van der Waals surface area contributed by atoms with Gasteiger partial charge in [-0.2, -0.15) is 0 Å². The van der Waals surface area contributed by atoms with Gasteiger partial charge in [0.05, 0.1) is 0 Å². The first-order chi connectivity index (χ1) is 9.15. The smallest absolute Gasteiger partial charge is 0.172 e. The quantitative estimate of drug-likeness (QED) is 0.848. The van der Waals surface area contributed by atoms with Crippen LogP contribution in [-0.2, 0) is 6.54 Å². The SMILES string of the molecule is Cc1cccnc1NC(=S)NCc1ccc(Cl)cc1. The molecule has 2 aromatic rings. The maximum Gasteiger partial charge on any atom is 0.172 e. The highest BCUT2D eigenvalue weighted by atomic mass is 35.5. The summed E-state index contributed by atoms with van der Waals surface area (Å²) in [6, 6.07) is 11.5. The van der Waals surface area contributed by atoms with Crippen molar-refractivity contribution >= 4 is 34.7 Å². The third-order valence-electron chi connectivity index (χ3n) is 2.61. The van der Waals surface area contributed by atoms with Crippen molar-refractivity contribution in [1.82, 2.24) is 10.3 Å². The van der Waals surface area contributed by atoms with Gasteiger partial charge in [-0.25, -0.2) is 4.98 Å². The van der Waals surface area contributed by atoms with E-state index in [-0.39, 0.29) is 0 Å². The number of anilines is 1. The van der Waals surface area contributed by atoms with Crippen LogP contribution in [0.5, 0.6) is 0 Å². The number of rotatable bonds is 3. The zero-order chi connectivity index (χ0) is 13.7. The van der Waals surface area contributed by atoms with E-state index in [0.29, 0.717) is 11.7 Å². The van der Waals surface area contributed by atoms with Crippen molar-refractivity contribution in [3.05, 3.63) is 58.7 Å². The summed E-state index contributed by atoms with van der Waals surface area (Å²) in [7, 11) is 0. The molecule has 0 saturated carbocycles. The summed E-state index contributed by atoms with van der Waals surface area (Å²) in [6.07, 6.45) is 1.73. The van der Waals surface area contributed by atoms with E-state index in [4.69, 9.17) is 23.8 Å². The lowest BCUT2D eigenvalue weighted by molar-refractivity contribution is 0.924. The number of nitrogens with zero attached hydrogens (tertiary/aromatic N) is 1. The van der Waals surface area contributed by atoms with E-state index >= 15 is 0 Å². The molecular weight excluding hydrogens is 278 g/mol. The monoisotopic (exact) mass is 291 g/mol. The second-order valence-corrected chi connectivity index (χ2v) is 4.95. The molecule has 5 heteroatoms. The number of aromatic nitrogens is 1. The van der Waals surface area contributed by atoms with Gasteiger partial charge in [0.15, 0.2) is 5.11 Å². The molecule has 0 unspecified atom stereocenters. The van der Waals surface area contributed by atoms with Crippen LogP contribution in [0.3, 0.4) is 0 Å². The summed E-state index contributed by atoms with van der Waals surface area (Å²) in [5.74, 6) is 0.774. The van der Waals surface area contributed by atoms with E-state index in [1.807, 2.05) is 43.3 Å². The Bertz CT molecular complexity index is 569. The number of aryl methyl sites for hydroxylation is 1. The van der Waals surface area contributed by atoms with Gasteiger partial charge in [-0.3, -0.25) is 0 Å². The Morgan fingerprint density at radius 3 is 2.68 bits per heavy atom. The highest BCUT2D eigenvalue weighted by Crippen LogP contribution is 2.10. The Hall–Kier alpha value is -1.65. The van der Waals surface area contributed by atoms with Crippen molar-refractivity contribution in [3.63, 3.8) is 0 Å². The first kappa shape index (κ1) is 13.8. The number of hydrogen-bond donors (Lipinski definition) is 2. The van der Waals surface area contributed by atoms with Crippen molar-refractivity contribution in [1.29, 1.82) is 0 Å². The lowest BCUT2D eigenvalue weighted by Gasteiger charge is -2.11. The van der Waals surface area contributed by atoms with Crippen LogP contribution in [0.4, 0.5) is 5.82 Å². The Morgan fingerprint density at radius 1 is 1.26 bits per heavy atom. The fourth-order valence-electron chi connectivity index (χ4n) is 1.55. The minimum atomic E-state index is 0.553. The second kappa shape index (κ2) is 6.50. The predicted octanol–water partition coefficient (Wildman–Crippen LogP) is 3.53. The molecule has 0 aliphatic heterocycles. The molecule has 0 aliphatic rings. The van der Waals surface area contributed by atoms with E-state index in [9.17, 15) is 0 Å². The third kappa shape index (κ3) is 4.19. The van der Waals surface area contributed by atoms with Crippen LogP contribution in [0.2, 0.25) is 5.02 Å². The number of nitrogens with one attached hydrogen (secondary N) is 2. The maximum absolute atomic E-state index is 5.83. The van der Waals surface area contributed by atoms with E-state index in [0.717, 1.165) is 22.0 Å². The number of thiocarbonyl (C=S) groups is 1. The van der Waals surface area contributed by atoms with Gasteiger partial charge in [0.1, 0.15) is 5.82 Å². The molecule has 0 fully saturated rings. The van der Waals surface area contributed by atoms with Gasteiger partial charge in [0.25, 0.3) is 0 Å². The molecular formula is C14H14ClN3S. The summed E-state index contributed by atoms with van der Waals surface area (Å²) in [6.45, 7) is 2.63. The van der Waals surface area contributed by atoms with Crippen LogP contribution in [0, 0.1) is 6.92 Å². The molecule has 0 amide bonds. The Balaban J connectivity index is 1.88. The van der Waals surface area contributed by atoms with E-state index in [2.05, 4.69) is 15.6 Å². The molecule has 0 aliphatic carbocycles.